The lowest BCUT2D eigenvalue weighted by Crippen LogP contribution is -2.39. The van der Waals surface area contributed by atoms with Gasteiger partial charge in [-0.05, 0) is 27.2 Å². The molecule has 1 amide bonds. The van der Waals surface area contributed by atoms with Crippen molar-refractivity contribution in [2.24, 2.45) is 0 Å². The zero-order valence-corrected chi connectivity index (χ0v) is 9.47. The van der Waals surface area contributed by atoms with Gasteiger partial charge in [0, 0.05) is 19.1 Å². The second-order valence-corrected chi connectivity index (χ2v) is 4.82. The average Bonchev–Trinajstić information content (AvgIpc) is 2.45. The molecule has 5 heteroatoms. The number of carbonyl (C=O) groups excluding carboxylic acids is 1. The van der Waals surface area contributed by atoms with Crippen LogP contribution < -0.4 is 10.6 Å². The van der Waals surface area contributed by atoms with E-state index in [9.17, 15) is 9.18 Å². The molecule has 1 fully saturated rings. The second kappa shape index (κ2) is 4.79. The zero-order chi connectivity index (χ0) is 11.5. The van der Waals surface area contributed by atoms with Crippen LogP contribution in [0.4, 0.5) is 9.18 Å². The normalized spacial score (nSPS) is 26.4. The number of nitrogens with one attached hydrogen (secondary N) is 2. The van der Waals surface area contributed by atoms with Crippen LogP contribution in [0.25, 0.3) is 0 Å². The summed E-state index contributed by atoms with van der Waals surface area (Å²) in [6.45, 7) is 6.20. The fourth-order valence-corrected chi connectivity index (χ4v) is 1.45. The molecule has 0 aromatic carbocycles. The minimum absolute atomic E-state index is 0.0209. The molecule has 0 saturated carbocycles. The van der Waals surface area contributed by atoms with Crippen molar-refractivity contribution in [1.82, 2.24) is 10.6 Å². The molecule has 0 radical (unpaired) electrons. The third kappa shape index (κ3) is 4.97. The number of rotatable bonds is 2. The maximum atomic E-state index is 12.8. The van der Waals surface area contributed by atoms with Crippen LogP contribution in [0.2, 0.25) is 0 Å². The highest BCUT2D eigenvalue weighted by atomic mass is 19.1. The Hall–Kier alpha value is -0.840. The van der Waals surface area contributed by atoms with E-state index in [1.165, 1.54) is 0 Å². The van der Waals surface area contributed by atoms with Gasteiger partial charge in [-0.1, -0.05) is 0 Å². The Morgan fingerprint density at radius 1 is 1.60 bits per heavy atom. The van der Waals surface area contributed by atoms with Crippen LogP contribution in [0, 0.1) is 0 Å². The second-order valence-electron chi connectivity index (χ2n) is 4.82. The molecule has 0 aromatic heterocycles. The Morgan fingerprint density at radius 2 is 2.27 bits per heavy atom. The van der Waals surface area contributed by atoms with Gasteiger partial charge in [-0.2, -0.15) is 0 Å². The van der Waals surface area contributed by atoms with Gasteiger partial charge in [0.1, 0.15) is 11.8 Å². The summed E-state index contributed by atoms with van der Waals surface area (Å²) in [7, 11) is 0. The first-order chi connectivity index (χ1) is 6.87. The van der Waals surface area contributed by atoms with Gasteiger partial charge in [0.2, 0.25) is 0 Å². The lowest BCUT2D eigenvalue weighted by atomic mass is 10.2. The highest BCUT2D eigenvalue weighted by molar-refractivity contribution is 5.67. The van der Waals surface area contributed by atoms with Gasteiger partial charge in [-0.25, -0.2) is 9.18 Å². The first-order valence-electron chi connectivity index (χ1n) is 5.21. The Bertz CT molecular complexity index is 228. The summed E-state index contributed by atoms with van der Waals surface area (Å²) in [4.78, 5) is 11.2. The van der Waals surface area contributed by atoms with Gasteiger partial charge in [0.05, 0.1) is 0 Å². The molecule has 15 heavy (non-hydrogen) atoms. The lowest BCUT2D eigenvalue weighted by molar-refractivity contribution is 0.0523. The Labute approximate surface area is 89.6 Å². The summed E-state index contributed by atoms with van der Waals surface area (Å²) in [6.07, 6.45) is -0.794. The van der Waals surface area contributed by atoms with Crippen molar-refractivity contribution in [2.75, 3.05) is 13.1 Å². The molecule has 88 valence electrons. The van der Waals surface area contributed by atoms with E-state index in [-0.39, 0.29) is 6.04 Å². The molecule has 0 unspecified atom stereocenters. The number of ether oxygens (including phenoxy) is 1. The highest BCUT2D eigenvalue weighted by Gasteiger charge is 2.24. The number of carbonyl (C=O) groups is 1. The van der Waals surface area contributed by atoms with Crippen molar-refractivity contribution in [3.05, 3.63) is 0 Å². The van der Waals surface area contributed by atoms with Crippen LogP contribution >= 0.6 is 0 Å². The van der Waals surface area contributed by atoms with Crippen LogP contribution in [0.5, 0.6) is 0 Å². The first kappa shape index (κ1) is 12.2. The van der Waals surface area contributed by atoms with E-state index in [1.54, 1.807) is 20.8 Å². The summed E-state index contributed by atoms with van der Waals surface area (Å²) >= 11 is 0. The predicted molar refractivity (Wildman–Crippen MR) is 55.5 cm³/mol. The van der Waals surface area contributed by atoms with Gasteiger partial charge in [-0.3, -0.25) is 0 Å². The highest BCUT2D eigenvalue weighted by Crippen LogP contribution is 2.10. The molecule has 0 aliphatic carbocycles. The third-order valence-electron chi connectivity index (χ3n) is 2.06. The monoisotopic (exact) mass is 218 g/mol. The largest absolute Gasteiger partial charge is 0.444 e. The molecule has 2 N–H and O–H groups in total. The zero-order valence-electron chi connectivity index (χ0n) is 9.47. The predicted octanol–water partition coefficient (Wildman–Crippen LogP) is 1.21. The maximum Gasteiger partial charge on any atom is 0.407 e. The van der Waals surface area contributed by atoms with Crippen molar-refractivity contribution in [3.8, 4) is 0 Å². The van der Waals surface area contributed by atoms with Crippen LogP contribution in [-0.4, -0.2) is 37.0 Å². The molecule has 2 atom stereocenters. The minimum atomic E-state index is -0.796. The van der Waals surface area contributed by atoms with E-state index >= 15 is 0 Å². The van der Waals surface area contributed by atoms with Crippen molar-refractivity contribution < 1.29 is 13.9 Å². The molecule has 0 aromatic rings. The number of hydrogen-bond acceptors (Lipinski definition) is 3. The molecule has 1 heterocycles. The smallest absolute Gasteiger partial charge is 0.407 e. The van der Waals surface area contributed by atoms with Gasteiger partial charge in [0.15, 0.2) is 0 Å². The summed E-state index contributed by atoms with van der Waals surface area (Å²) in [5, 5.41) is 5.59. The minimum Gasteiger partial charge on any atom is -0.444 e. The topological polar surface area (TPSA) is 50.4 Å². The van der Waals surface area contributed by atoms with E-state index in [0.717, 1.165) is 0 Å². The van der Waals surface area contributed by atoms with E-state index in [0.29, 0.717) is 19.5 Å². The molecular weight excluding hydrogens is 199 g/mol. The van der Waals surface area contributed by atoms with E-state index in [1.807, 2.05) is 0 Å². The summed E-state index contributed by atoms with van der Waals surface area (Å²) in [6, 6.07) is 0.0209. The molecule has 0 spiro atoms. The fraction of sp³-hybridized carbons (Fsp3) is 0.900. The Morgan fingerprint density at radius 3 is 2.73 bits per heavy atom. The van der Waals surface area contributed by atoms with Crippen molar-refractivity contribution >= 4 is 6.09 Å². The summed E-state index contributed by atoms with van der Waals surface area (Å²) in [5.74, 6) is 0. The van der Waals surface area contributed by atoms with Gasteiger partial charge < -0.3 is 15.4 Å². The van der Waals surface area contributed by atoms with Gasteiger partial charge >= 0.3 is 6.09 Å². The number of amides is 1. The first-order valence-corrected chi connectivity index (χ1v) is 5.21. The van der Waals surface area contributed by atoms with Crippen LogP contribution in [0.3, 0.4) is 0 Å². The number of alkyl halides is 1. The SMILES string of the molecule is CC(C)(C)OC(=O)NC[C@H]1C[C@H](F)CN1. The standard InChI is InChI=1S/C10H19FN2O2/c1-10(2,3)15-9(14)13-6-8-4-7(11)5-12-8/h7-8,12H,4-6H2,1-3H3,(H,13,14)/t7-,8+/m0/s1. The Kier molecular flexibility index (Phi) is 3.90. The van der Waals surface area contributed by atoms with Crippen LogP contribution in [0.15, 0.2) is 0 Å². The van der Waals surface area contributed by atoms with Gasteiger partial charge in [0.25, 0.3) is 0 Å². The quantitative estimate of drug-likeness (QED) is 0.732. The molecule has 1 saturated heterocycles. The third-order valence-corrected chi connectivity index (χ3v) is 2.06. The van der Waals surface area contributed by atoms with Crippen LogP contribution in [-0.2, 0) is 4.74 Å². The molecular formula is C10H19FN2O2. The van der Waals surface area contributed by atoms with E-state index in [2.05, 4.69) is 10.6 Å². The van der Waals surface area contributed by atoms with Crippen LogP contribution in [0.1, 0.15) is 27.2 Å². The lowest BCUT2D eigenvalue weighted by Gasteiger charge is -2.20. The molecule has 4 nitrogen and oxygen atoms in total. The molecule has 0 bridgehead atoms. The molecule has 1 rings (SSSR count). The number of halogens is 1. The van der Waals surface area contributed by atoms with E-state index in [4.69, 9.17) is 4.74 Å². The molecule has 1 aliphatic rings. The summed E-state index contributed by atoms with van der Waals surface area (Å²) in [5.41, 5.74) is -0.490. The van der Waals surface area contributed by atoms with Crippen molar-refractivity contribution in [3.63, 3.8) is 0 Å². The van der Waals surface area contributed by atoms with Crippen molar-refractivity contribution in [2.45, 2.75) is 45.0 Å². The van der Waals surface area contributed by atoms with Gasteiger partial charge in [-0.15, -0.1) is 0 Å². The average molecular weight is 218 g/mol. The Balaban J connectivity index is 2.17. The van der Waals surface area contributed by atoms with E-state index < -0.39 is 17.9 Å². The maximum absolute atomic E-state index is 12.8. The fourth-order valence-electron chi connectivity index (χ4n) is 1.45. The summed E-state index contributed by atoms with van der Waals surface area (Å²) < 4.78 is 17.8. The number of alkyl carbamates (subject to hydrolysis) is 1. The molecule has 1 aliphatic heterocycles. The van der Waals surface area contributed by atoms with Crippen molar-refractivity contribution in [1.29, 1.82) is 0 Å². The number of hydrogen-bond donors (Lipinski definition) is 2.